The van der Waals surface area contributed by atoms with Gasteiger partial charge in [0.05, 0.1) is 0 Å². The molecule has 0 rings (SSSR count). The largest absolute Gasteiger partial charge is 0.434 e. The molecule has 1 nitrogen and oxygen atoms in total. The minimum absolute atomic E-state index is 2.90. The first-order valence-corrected chi connectivity index (χ1v) is 6.00. The number of alkyl halides is 16. The van der Waals surface area contributed by atoms with Gasteiger partial charge in [-0.2, -0.15) is 43.9 Å². The van der Waals surface area contributed by atoms with E-state index in [0.29, 0.717) is 0 Å². The third kappa shape index (κ3) is 4.31. The highest BCUT2D eigenvalue weighted by Gasteiger charge is 2.78. The summed E-state index contributed by atoms with van der Waals surface area (Å²) < 4.78 is 203. The van der Waals surface area contributed by atoms with Gasteiger partial charge in [-0.1, -0.05) is 0 Å². The molecule has 0 fully saturated rings. The van der Waals surface area contributed by atoms with Gasteiger partial charge in [0.15, 0.2) is 0 Å². The number of halogens is 16. The van der Waals surface area contributed by atoms with Crippen molar-refractivity contribution in [3.05, 3.63) is 0 Å². The van der Waals surface area contributed by atoms with Crippen LogP contribution >= 0.6 is 0 Å². The number of hydrogen-bond donors (Lipinski definition) is 0. The Hall–Kier alpha value is -1.16. The van der Waals surface area contributed by atoms with Crippen LogP contribution in [0.25, 0.3) is 0 Å². The van der Waals surface area contributed by atoms with Crippen LogP contribution in [0.5, 0.6) is 0 Å². The fourth-order valence-electron chi connectivity index (χ4n) is 1.50. The molecule has 0 heterocycles. The molecule has 0 N–H and O–H groups in total. The van der Waals surface area contributed by atoms with Crippen molar-refractivity contribution in [3.63, 3.8) is 0 Å². The zero-order chi connectivity index (χ0) is 22.3. The molecule has 27 heavy (non-hydrogen) atoms. The van der Waals surface area contributed by atoms with Crippen LogP contribution in [0.15, 0.2) is 0 Å². The topological polar surface area (TPSA) is 9.23 Å². The van der Waals surface area contributed by atoms with Crippen LogP contribution in [0.1, 0.15) is 0 Å². The van der Waals surface area contributed by atoms with Gasteiger partial charge in [0.1, 0.15) is 13.2 Å². The Labute approximate surface area is 138 Å². The smallest absolute Gasteiger partial charge is 0.369 e. The second kappa shape index (κ2) is 7.35. The molecule has 0 aromatic heterocycles. The second-order valence-corrected chi connectivity index (χ2v) is 4.92. The Morgan fingerprint density at radius 2 is 0.704 bits per heavy atom. The monoisotopic (exact) mass is 446 g/mol. The third-order valence-electron chi connectivity index (χ3n) is 3.06. The first-order chi connectivity index (χ1) is 11.6. The van der Waals surface area contributed by atoms with E-state index in [2.05, 4.69) is 4.74 Å². The molecule has 2 atom stereocenters. The first kappa shape index (κ1) is 25.8. The summed E-state index contributed by atoms with van der Waals surface area (Å²) in [7, 11) is 0. The van der Waals surface area contributed by atoms with Gasteiger partial charge in [-0.05, 0) is 0 Å². The van der Waals surface area contributed by atoms with Crippen LogP contribution in [0.2, 0.25) is 0 Å². The average molecular weight is 446 g/mol. The van der Waals surface area contributed by atoms with Crippen molar-refractivity contribution in [2.24, 2.45) is 0 Å². The third-order valence-corrected chi connectivity index (χ3v) is 3.06. The van der Waals surface area contributed by atoms with Crippen LogP contribution in [-0.4, -0.2) is 61.6 Å². The number of ether oxygens (including phenoxy) is 1. The molecular weight excluding hydrogens is 440 g/mol. The molecule has 0 aliphatic rings. The van der Waals surface area contributed by atoms with E-state index < -0.39 is 61.6 Å². The normalized spacial score (nSPS) is 19.3. The maximum absolute atomic E-state index is 13.1. The maximum Gasteiger partial charge on any atom is 0.434 e. The van der Waals surface area contributed by atoms with Crippen molar-refractivity contribution in [2.45, 2.75) is 48.4 Å². The second-order valence-electron chi connectivity index (χ2n) is 4.92. The molecule has 0 aliphatic carbocycles. The fourth-order valence-corrected chi connectivity index (χ4v) is 1.50. The highest BCUT2D eigenvalue weighted by Crippen LogP contribution is 2.51. The van der Waals surface area contributed by atoms with Gasteiger partial charge < -0.3 is 4.74 Å². The molecule has 0 bridgehead atoms. The predicted octanol–water partition coefficient (Wildman–Crippen LogP) is 5.35. The molecule has 0 saturated carbocycles. The molecular formula is C10H6F16O. The van der Waals surface area contributed by atoms with Crippen LogP contribution in [-0.2, 0) is 4.74 Å². The van der Waals surface area contributed by atoms with Crippen molar-refractivity contribution in [2.75, 3.05) is 13.2 Å². The summed E-state index contributed by atoms with van der Waals surface area (Å²) in [5, 5.41) is 0. The van der Waals surface area contributed by atoms with Gasteiger partial charge in [-0.3, -0.25) is 0 Å². The lowest BCUT2D eigenvalue weighted by atomic mass is 9.97. The van der Waals surface area contributed by atoms with Gasteiger partial charge in [0, 0.05) is 0 Å². The molecule has 17 heteroatoms. The predicted molar refractivity (Wildman–Crippen MR) is 52.5 cm³/mol. The highest BCUT2D eigenvalue weighted by atomic mass is 19.4. The zero-order valence-electron chi connectivity index (χ0n) is 12.0. The maximum atomic E-state index is 13.1. The van der Waals surface area contributed by atoms with Crippen molar-refractivity contribution in [1.82, 2.24) is 0 Å². The quantitative estimate of drug-likeness (QED) is 0.458. The molecule has 0 aliphatic heterocycles. The summed E-state index contributed by atoms with van der Waals surface area (Å²) in [6.07, 6.45) is -25.0. The van der Waals surface area contributed by atoms with Gasteiger partial charge in [0.2, 0.25) is 0 Å². The van der Waals surface area contributed by atoms with Crippen LogP contribution < -0.4 is 0 Å². The van der Waals surface area contributed by atoms with E-state index in [4.69, 9.17) is 0 Å². The lowest BCUT2D eigenvalue weighted by Gasteiger charge is -2.36. The van der Waals surface area contributed by atoms with E-state index >= 15 is 0 Å². The van der Waals surface area contributed by atoms with Gasteiger partial charge in [-0.15, -0.1) is 0 Å². The Morgan fingerprint density at radius 3 is 0.852 bits per heavy atom. The van der Waals surface area contributed by atoms with Crippen molar-refractivity contribution >= 4 is 0 Å². The van der Waals surface area contributed by atoms with Crippen molar-refractivity contribution in [1.29, 1.82) is 0 Å². The first-order valence-electron chi connectivity index (χ1n) is 6.00. The molecule has 0 aromatic carbocycles. The number of hydrogen-bond acceptors (Lipinski definition) is 1. The van der Waals surface area contributed by atoms with Crippen LogP contribution in [0.3, 0.4) is 0 Å². The van der Waals surface area contributed by atoms with Crippen molar-refractivity contribution in [3.8, 4) is 0 Å². The lowest BCUT2D eigenvalue weighted by Crippen LogP contribution is -2.64. The van der Waals surface area contributed by atoms with Gasteiger partial charge in [0.25, 0.3) is 12.9 Å². The van der Waals surface area contributed by atoms with Crippen LogP contribution in [0.4, 0.5) is 70.2 Å². The summed E-state index contributed by atoms with van der Waals surface area (Å²) in [6.45, 7) is -6.72. The molecule has 164 valence electrons. The Balaban J connectivity index is 5.55. The Bertz CT molecular complexity index is 450. The minimum Gasteiger partial charge on any atom is -0.369 e. The molecule has 0 radical (unpaired) electrons. The van der Waals surface area contributed by atoms with E-state index in [1.165, 1.54) is 0 Å². The van der Waals surface area contributed by atoms with Gasteiger partial charge in [-0.25, -0.2) is 26.3 Å². The van der Waals surface area contributed by atoms with E-state index in [1.54, 1.807) is 0 Å². The van der Waals surface area contributed by atoms with E-state index in [1.807, 2.05) is 0 Å². The molecule has 0 saturated heterocycles. The fraction of sp³-hybridized carbons (Fsp3) is 1.00. The minimum atomic E-state index is -7.00. The van der Waals surface area contributed by atoms with E-state index in [-0.39, 0.29) is 0 Å². The summed E-state index contributed by atoms with van der Waals surface area (Å²) >= 11 is 0. The van der Waals surface area contributed by atoms with E-state index in [9.17, 15) is 70.2 Å². The average Bonchev–Trinajstić information content (AvgIpc) is 2.41. The van der Waals surface area contributed by atoms with E-state index in [0.717, 1.165) is 0 Å². The summed E-state index contributed by atoms with van der Waals surface area (Å²) in [5.74, 6) is -12.7. The lowest BCUT2D eigenvalue weighted by molar-refractivity contribution is -0.356. The number of rotatable bonds is 8. The Kier molecular flexibility index (Phi) is 7.03. The van der Waals surface area contributed by atoms with Gasteiger partial charge >= 0.3 is 35.5 Å². The standard InChI is InChI=1S/C10H6F16O/c11-3(12)7(19,9(21,22)23)5(15,16)1-27-2-6(17,18)8(20,4(13)14)10(24,25)26/h3-4H,1-2H2. The molecule has 0 spiro atoms. The SMILES string of the molecule is FC(F)C(F)(C(F)(F)F)C(F)(F)COCC(F)(F)C(F)(C(F)F)C(F)(F)F. The van der Waals surface area contributed by atoms with Crippen LogP contribution in [0, 0.1) is 0 Å². The highest BCUT2D eigenvalue weighted by molar-refractivity contribution is 5.04. The summed E-state index contributed by atoms with van der Waals surface area (Å²) in [6, 6.07) is 0. The molecule has 0 amide bonds. The Morgan fingerprint density at radius 1 is 0.481 bits per heavy atom. The summed E-state index contributed by atoms with van der Waals surface area (Å²) in [5.41, 5.74) is -13.4. The molecule has 2 unspecified atom stereocenters. The molecule has 0 aromatic rings. The zero-order valence-corrected chi connectivity index (χ0v) is 12.0. The van der Waals surface area contributed by atoms with Crippen molar-refractivity contribution < 1.29 is 75.0 Å². The summed E-state index contributed by atoms with van der Waals surface area (Å²) in [4.78, 5) is 0.